The van der Waals surface area contributed by atoms with Gasteiger partial charge in [0.2, 0.25) is 0 Å². The highest BCUT2D eigenvalue weighted by Gasteiger charge is 2.27. The van der Waals surface area contributed by atoms with Crippen LogP contribution in [0, 0.1) is 5.92 Å². The third kappa shape index (κ3) is 3.21. The molecule has 1 saturated heterocycles. The van der Waals surface area contributed by atoms with Gasteiger partial charge in [-0.15, -0.1) is 0 Å². The zero-order chi connectivity index (χ0) is 13.9. The number of hydrazine groups is 1. The molecule has 0 bridgehead atoms. The lowest BCUT2D eigenvalue weighted by atomic mass is 10.0. The molecule has 1 aliphatic rings. The van der Waals surface area contributed by atoms with E-state index in [2.05, 4.69) is 15.1 Å². The molecular formula is C11H18N4O3S. The summed E-state index contributed by atoms with van der Waals surface area (Å²) in [4.78, 5) is 3.86. The molecule has 19 heavy (non-hydrogen) atoms. The predicted molar refractivity (Wildman–Crippen MR) is 70.8 cm³/mol. The highest BCUT2D eigenvalue weighted by molar-refractivity contribution is 7.89. The van der Waals surface area contributed by atoms with Gasteiger partial charge in [0.25, 0.3) is 10.0 Å². The maximum absolute atomic E-state index is 12.2. The van der Waals surface area contributed by atoms with E-state index in [1.165, 1.54) is 6.20 Å². The highest BCUT2D eigenvalue weighted by atomic mass is 32.2. The standard InChI is InChI=1S/C11H18N4O3S/c1-8-9(4-6-18-8)7-14-19(16,17)11-10(15-12)3-2-5-13-11/h2-3,5,8-9,14-15H,4,6-7,12H2,1H3. The number of anilines is 1. The number of hydrogen-bond acceptors (Lipinski definition) is 6. The summed E-state index contributed by atoms with van der Waals surface area (Å²) in [7, 11) is -3.67. The van der Waals surface area contributed by atoms with E-state index < -0.39 is 10.0 Å². The lowest BCUT2D eigenvalue weighted by Gasteiger charge is -2.15. The first-order valence-electron chi connectivity index (χ1n) is 6.07. The van der Waals surface area contributed by atoms with Crippen LogP contribution in [0.1, 0.15) is 13.3 Å². The second kappa shape index (κ2) is 5.83. The summed E-state index contributed by atoms with van der Waals surface area (Å²) in [6, 6.07) is 3.17. The van der Waals surface area contributed by atoms with E-state index in [1.54, 1.807) is 12.1 Å². The van der Waals surface area contributed by atoms with Crippen molar-refractivity contribution in [2.75, 3.05) is 18.6 Å². The van der Waals surface area contributed by atoms with Gasteiger partial charge in [0, 0.05) is 25.3 Å². The van der Waals surface area contributed by atoms with Crippen molar-refractivity contribution in [3.05, 3.63) is 18.3 Å². The number of aromatic nitrogens is 1. The topological polar surface area (TPSA) is 106 Å². The molecule has 4 N–H and O–H groups in total. The lowest BCUT2D eigenvalue weighted by molar-refractivity contribution is 0.107. The summed E-state index contributed by atoms with van der Waals surface area (Å²) in [5, 5.41) is -0.0935. The van der Waals surface area contributed by atoms with Crippen LogP contribution in [0.25, 0.3) is 0 Å². The Kier molecular flexibility index (Phi) is 4.35. The Bertz CT molecular complexity index is 534. The Hall–Kier alpha value is -1.22. The minimum absolute atomic E-state index is 0.0681. The molecule has 2 heterocycles. The molecule has 0 radical (unpaired) electrons. The van der Waals surface area contributed by atoms with Crippen LogP contribution in [0.15, 0.2) is 23.4 Å². The van der Waals surface area contributed by atoms with Gasteiger partial charge in [-0.05, 0) is 25.5 Å². The number of nitrogens with one attached hydrogen (secondary N) is 2. The molecule has 106 valence electrons. The number of nitrogens with zero attached hydrogens (tertiary/aromatic N) is 1. The van der Waals surface area contributed by atoms with E-state index >= 15 is 0 Å². The van der Waals surface area contributed by atoms with Crippen LogP contribution in [0.5, 0.6) is 0 Å². The monoisotopic (exact) mass is 286 g/mol. The van der Waals surface area contributed by atoms with E-state index in [9.17, 15) is 8.42 Å². The van der Waals surface area contributed by atoms with Crippen LogP contribution in [0.4, 0.5) is 5.69 Å². The molecule has 0 amide bonds. The second-order valence-corrected chi connectivity index (χ2v) is 6.16. The van der Waals surface area contributed by atoms with Gasteiger partial charge < -0.3 is 10.2 Å². The molecule has 0 aromatic carbocycles. The largest absolute Gasteiger partial charge is 0.378 e. The zero-order valence-electron chi connectivity index (χ0n) is 10.7. The van der Waals surface area contributed by atoms with E-state index in [1.807, 2.05) is 6.92 Å². The third-order valence-corrected chi connectivity index (χ3v) is 4.63. The second-order valence-electron chi connectivity index (χ2n) is 4.48. The number of ether oxygens (including phenoxy) is 1. The van der Waals surface area contributed by atoms with Crippen molar-refractivity contribution in [2.45, 2.75) is 24.5 Å². The van der Waals surface area contributed by atoms with E-state index in [0.717, 1.165) is 6.42 Å². The Morgan fingerprint density at radius 1 is 1.58 bits per heavy atom. The molecule has 0 aliphatic carbocycles. The molecule has 1 fully saturated rings. The van der Waals surface area contributed by atoms with Crippen molar-refractivity contribution < 1.29 is 13.2 Å². The van der Waals surface area contributed by atoms with Crippen LogP contribution in [-0.2, 0) is 14.8 Å². The van der Waals surface area contributed by atoms with Gasteiger partial charge in [0.1, 0.15) is 0 Å². The van der Waals surface area contributed by atoms with Gasteiger partial charge in [-0.3, -0.25) is 5.84 Å². The number of nitrogen functional groups attached to an aromatic ring is 1. The van der Waals surface area contributed by atoms with Gasteiger partial charge in [0.15, 0.2) is 5.03 Å². The van der Waals surface area contributed by atoms with Gasteiger partial charge in [-0.25, -0.2) is 18.1 Å². The molecule has 1 aromatic rings. The van der Waals surface area contributed by atoms with Crippen molar-refractivity contribution in [2.24, 2.45) is 11.8 Å². The van der Waals surface area contributed by atoms with Gasteiger partial charge >= 0.3 is 0 Å². The van der Waals surface area contributed by atoms with Gasteiger partial charge in [-0.2, -0.15) is 0 Å². The first kappa shape index (κ1) is 14.2. The molecule has 2 rings (SSSR count). The molecule has 1 aliphatic heterocycles. The molecule has 8 heteroatoms. The zero-order valence-corrected chi connectivity index (χ0v) is 11.5. The van der Waals surface area contributed by atoms with Crippen LogP contribution < -0.4 is 16.0 Å². The third-order valence-electron chi connectivity index (χ3n) is 3.25. The highest BCUT2D eigenvalue weighted by Crippen LogP contribution is 2.21. The SMILES string of the molecule is CC1OCCC1CNS(=O)(=O)c1ncccc1NN. The molecular weight excluding hydrogens is 268 g/mol. The first-order chi connectivity index (χ1) is 9.04. The van der Waals surface area contributed by atoms with E-state index in [-0.39, 0.29) is 22.7 Å². The van der Waals surface area contributed by atoms with Crippen LogP contribution in [0.3, 0.4) is 0 Å². The number of sulfonamides is 1. The summed E-state index contributed by atoms with van der Waals surface area (Å²) >= 11 is 0. The fourth-order valence-corrected chi connectivity index (χ4v) is 3.23. The minimum atomic E-state index is -3.67. The van der Waals surface area contributed by atoms with Crippen molar-refractivity contribution in [3.63, 3.8) is 0 Å². The Morgan fingerprint density at radius 2 is 2.37 bits per heavy atom. The maximum atomic E-state index is 12.2. The quantitative estimate of drug-likeness (QED) is 0.522. The molecule has 7 nitrogen and oxygen atoms in total. The fourth-order valence-electron chi connectivity index (χ4n) is 2.04. The Morgan fingerprint density at radius 3 is 3.00 bits per heavy atom. The normalized spacial score (nSPS) is 23.5. The number of nitrogens with two attached hydrogens (primary N) is 1. The molecule has 2 unspecified atom stereocenters. The molecule has 0 saturated carbocycles. The van der Waals surface area contributed by atoms with Crippen LogP contribution in [-0.4, -0.2) is 32.7 Å². The van der Waals surface area contributed by atoms with E-state index in [4.69, 9.17) is 10.6 Å². The van der Waals surface area contributed by atoms with Crippen molar-refractivity contribution >= 4 is 15.7 Å². The number of hydrogen-bond donors (Lipinski definition) is 3. The summed E-state index contributed by atoms with van der Waals surface area (Å²) in [6.07, 6.45) is 2.34. The van der Waals surface area contributed by atoms with Crippen LogP contribution >= 0.6 is 0 Å². The lowest BCUT2D eigenvalue weighted by Crippen LogP contribution is -2.33. The summed E-state index contributed by atoms with van der Waals surface area (Å²) < 4.78 is 32.3. The maximum Gasteiger partial charge on any atom is 0.260 e. The van der Waals surface area contributed by atoms with Crippen molar-refractivity contribution in [3.8, 4) is 0 Å². The predicted octanol–water partition coefficient (Wildman–Crippen LogP) is 0.0705. The Balaban J connectivity index is 2.09. The first-order valence-corrected chi connectivity index (χ1v) is 7.56. The molecule has 1 aromatic heterocycles. The molecule has 0 spiro atoms. The fraction of sp³-hybridized carbons (Fsp3) is 0.545. The summed E-state index contributed by atoms with van der Waals surface area (Å²) in [5.74, 6) is 5.47. The van der Waals surface area contributed by atoms with Gasteiger partial charge in [-0.1, -0.05) is 0 Å². The number of rotatable bonds is 5. The number of pyridine rings is 1. The van der Waals surface area contributed by atoms with Gasteiger partial charge in [0.05, 0.1) is 11.8 Å². The molecule has 2 atom stereocenters. The van der Waals surface area contributed by atoms with E-state index in [0.29, 0.717) is 13.2 Å². The average molecular weight is 286 g/mol. The summed E-state index contributed by atoms with van der Waals surface area (Å²) in [6.45, 7) is 2.95. The average Bonchev–Trinajstić information content (AvgIpc) is 2.82. The Labute approximate surface area is 112 Å². The van der Waals surface area contributed by atoms with Crippen molar-refractivity contribution in [1.29, 1.82) is 0 Å². The summed E-state index contributed by atoms with van der Waals surface area (Å²) in [5.41, 5.74) is 2.60. The minimum Gasteiger partial charge on any atom is -0.378 e. The van der Waals surface area contributed by atoms with Crippen LogP contribution in [0.2, 0.25) is 0 Å². The van der Waals surface area contributed by atoms with Crippen molar-refractivity contribution in [1.82, 2.24) is 9.71 Å². The smallest absolute Gasteiger partial charge is 0.260 e.